The Hall–Kier alpha value is -4.39. The van der Waals surface area contributed by atoms with E-state index in [1.54, 1.807) is 20.4 Å². The third-order valence-corrected chi connectivity index (χ3v) is 5.19. The maximum atomic E-state index is 5.73. The Labute approximate surface area is 205 Å². The number of fused-ring (bicyclic) bond motifs is 1. The van der Waals surface area contributed by atoms with Crippen LogP contribution < -0.4 is 19.6 Å². The molecule has 0 atom stereocenters. The predicted octanol–water partition coefficient (Wildman–Crippen LogP) is 5.74. The van der Waals surface area contributed by atoms with E-state index in [-0.39, 0.29) is 0 Å². The molecule has 3 aromatic carbocycles. The molecule has 0 saturated carbocycles. The molecule has 35 heavy (non-hydrogen) atoms. The highest BCUT2D eigenvalue weighted by Gasteiger charge is 2.09. The van der Waals surface area contributed by atoms with Crippen LogP contribution in [0.2, 0.25) is 0 Å². The number of hydrazone groups is 1. The lowest BCUT2D eigenvalue weighted by molar-refractivity contribution is 0.294. The number of nitrogens with zero attached hydrogens (tertiary/aromatic N) is 3. The molecule has 0 spiro atoms. The van der Waals surface area contributed by atoms with Crippen LogP contribution in [0.1, 0.15) is 24.6 Å². The summed E-state index contributed by atoms with van der Waals surface area (Å²) in [5, 5.41) is 5.48. The summed E-state index contributed by atoms with van der Waals surface area (Å²) in [5.41, 5.74) is 6.11. The van der Waals surface area contributed by atoms with Crippen molar-refractivity contribution in [1.82, 2.24) is 10.4 Å². The SMILES string of the molecule is CCCOc1ccc(C=NNC(=Nc2ccccc2OC)c2ccc3ccccc3n2)cc1OC. The number of methoxy groups -OCH3 is 2. The van der Waals surface area contributed by atoms with Gasteiger partial charge in [-0.2, -0.15) is 5.10 Å². The monoisotopic (exact) mass is 468 g/mol. The Morgan fingerprint density at radius 3 is 2.51 bits per heavy atom. The highest BCUT2D eigenvalue weighted by molar-refractivity contribution is 6.01. The fourth-order valence-corrected chi connectivity index (χ4v) is 3.44. The van der Waals surface area contributed by atoms with Crippen molar-refractivity contribution in [1.29, 1.82) is 0 Å². The number of rotatable bonds is 9. The van der Waals surface area contributed by atoms with Gasteiger partial charge in [0.05, 0.1) is 32.6 Å². The fraction of sp³-hybridized carbons (Fsp3) is 0.179. The molecule has 7 heteroatoms. The molecule has 1 heterocycles. The Bertz CT molecular complexity index is 1350. The van der Waals surface area contributed by atoms with Crippen molar-refractivity contribution in [3.8, 4) is 17.2 Å². The Morgan fingerprint density at radius 1 is 0.886 bits per heavy atom. The maximum absolute atomic E-state index is 5.73. The summed E-state index contributed by atoms with van der Waals surface area (Å²) in [6.45, 7) is 2.70. The summed E-state index contributed by atoms with van der Waals surface area (Å²) in [6.07, 6.45) is 2.62. The van der Waals surface area contributed by atoms with E-state index in [2.05, 4.69) is 17.5 Å². The molecule has 1 N–H and O–H groups in total. The van der Waals surface area contributed by atoms with Crippen LogP contribution in [0.5, 0.6) is 17.2 Å². The van der Waals surface area contributed by atoms with Gasteiger partial charge in [0.1, 0.15) is 17.1 Å². The molecular formula is C28H28N4O3. The van der Waals surface area contributed by atoms with Crippen LogP contribution in [-0.4, -0.2) is 37.9 Å². The number of aromatic nitrogens is 1. The molecule has 4 aromatic rings. The topological polar surface area (TPSA) is 77.3 Å². The summed E-state index contributed by atoms with van der Waals surface area (Å²) in [4.78, 5) is 9.55. The normalized spacial score (nSPS) is 11.6. The van der Waals surface area contributed by atoms with Crippen molar-refractivity contribution in [3.63, 3.8) is 0 Å². The summed E-state index contributed by atoms with van der Waals surface area (Å²) in [7, 11) is 3.24. The van der Waals surface area contributed by atoms with E-state index in [0.717, 1.165) is 22.9 Å². The van der Waals surface area contributed by atoms with E-state index in [4.69, 9.17) is 24.2 Å². The average Bonchev–Trinajstić information content (AvgIpc) is 2.91. The van der Waals surface area contributed by atoms with Gasteiger partial charge in [-0.05, 0) is 54.4 Å². The van der Waals surface area contributed by atoms with Gasteiger partial charge in [0, 0.05) is 5.39 Å². The molecule has 0 fully saturated rings. The van der Waals surface area contributed by atoms with Gasteiger partial charge in [-0.3, -0.25) is 5.43 Å². The van der Waals surface area contributed by atoms with Gasteiger partial charge in [0.25, 0.3) is 0 Å². The van der Waals surface area contributed by atoms with Crippen molar-refractivity contribution in [2.45, 2.75) is 13.3 Å². The maximum Gasteiger partial charge on any atom is 0.173 e. The summed E-state index contributed by atoms with van der Waals surface area (Å²) < 4.78 is 16.7. The molecule has 0 bridgehead atoms. The number of para-hydroxylation sites is 3. The van der Waals surface area contributed by atoms with E-state index in [0.29, 0.717) is 41.1 Å². The molecule has 178 valence electrons. The third-order valence-electron chi connectivity index (χ3n) is 5.19. The van der Waals surface area contributed by atoms with Crippen LogP contribution in [0.3, 0.4) is 0 Å². The van der Waals surface area contributed by atoms with Gasteiger partial charge in [0.2, 0.25) is 0 Å². The molecule has 0 amide bonds. The quantitative estimate of drug-likeness (QED) is 0.192. The van der Waals surface area contributed by atoms with Gasteiger partial charge in [-0.25, -0.2) is 9.98 Å². The molecule has 0 aliphatic rings. The standard InChI is InChI=1S/C28H28N4O3/c1-4-17-35-26-16-13-20(18-27(26)34-3)19-29-32-28(31-23-11-7-8-12-25(23)33-2)24-15-14-21-9-5-6-10-22(21)30-24/h5-16,18-19H,4,17H2,1-3H3,(H,31,32). The molecule has 0 unspecified atom stereocenters. The van der Waals surface area contributed by atoms with Gasteiger partial charge in [-0.15, -0.1) is 0 Å². The van der Waals surface area contributed by atoms with Crippen LogP contribution in [0.4, 0.5) is 5.69 Å². The van der Waals surface area contributed by atoms with E-state index in [1.165, 1.54) is 0 Å². The lowest BCUT2D eigenvalue weighted by atomic mass is 10.2. The smallest absolute Gasteiger partial charge is 0.173 e. The van der Waals surface area contributed by atoms with Gasteiger partial charge >= 0.3 is 0 Å². The number of aliphatic imine (C=N–C) groups is 1. The zero-order valence-corrected chi connectivity index (χ0v) is 20.1. The number of pyridine rings is 1. The van der Waals surface area contributed by atoms with Crippen LogP contribution >= 0.6 is 0 Å². The van der Waals surface area contributed by atoms with E-state index in [1.807, 2.05) is 78.9 Å². The second kappa shape index (κ2) is 11.7. The van der Waals surface area contributed by atoms with Crippen LogP contribution in [0.25, 0.3) is 10.9 Å². The van der Waals surface area contributed by atoms with Gasteiger partial charge < -0.3 is 14.2 Å². The Kier molecular flexibility index (Phi) is 7.91. The van der Waals surface area contributed by atoms with Crippen molar-refractivity contribution < 1.29 is 14.2 Å². The number of ether oxygens (including phenoxy) is 3. The largest absolute Gasteiger partial charge is 0.494 e. The highest BCUT2D eigenvalue weighted by Crippen LogP contribution is 2.28. The van der Waals surface area contributed by atoms with E-state index in [9.17, 15) is 0 Å². The second-order valence-corrected chi connectivity index (χ2v) is 7.65. The minimum atomic E-state index is 0.492. The van der Waals surface area contributed by atoms with E-state index < -0.39 is 0 Å². The summed E-state index contributed by atoms with van der Waals surface area (Å²) >= 11 is 0. The number of hydrogen-bond acceptors (Lipinski definition) is 6. The molecular weight excluding hydrogens is 440 g/mol. The van der Waals surface area contributed by atoms with E-state index >= 15 is 0 Å². The first-order chi connectivity index (χ1) is 17.2. The first kappa shape index (κ1) is 23.8. The van der Waals surface area contributed by atoms with Crippen LogP contribution in [0, 0.1) is 0 Å². The Morgan fingerprint density at radius 2 is 1.69 bits per heavy atom. The average molecular weight is 469 g/mol. The third kappa shape index (κ3) is 5.95. The van der Waals surface area contributed by atoms with Gasteiger partial charge in [0.15, 0.2) is 17.3 Å². The first-order valence-electron chi connectivity index (χ1n) is 11.4. The number of hydrogen-bond donors (Lipinski definition) is 1. The number of benzene rings is 3. The van der Waals surface area contributed by atoms with Crippen molar-refractivity contribution >= 4 is 28.6 Å². The molecule has 0 aliphatic carbocycles. The van der Waals surface area contributed by atoms with Gasteiger partial charge in [-0.1, -0.05) is 43.3 Å². The number of amidine groups is 1. The second-order valence-electron chi connectivity index (χ2n) is 7.65. The highest BCUT2D eigenvalue weighted by atomic mass is 16.5. The lowest BCUT2D eigenvalue weighted by Gasteiger charge is -2.11. The molecule has 4 rings (SSSR count). The minimum Gasteiger partial charge on any atom is -0.494 e. The van der Waals surface area contributed by atoms with Crippen molar-refractivity contribution in [3.05, 3.63) is 90.1 Å². The lowest BCUT2D eigenvalue weighted by Crippen LogP contribution is -2.20. The zero-order valence-electron chi connectivity index (χ0n) is 20.1. The van der Waals surface area contributed by atoms with Crippen molar-refractivity contribution in [2.75, 3.05) is 20.8 Å². The minimum absolute atomic E-state index is 0.492. The molecule has 0 aliphatic heterocycles. The first-order valence-corrected chi connectivity index (χ1v) is 11.4. The number of nitrogens with one attached hydrogen (secondary N) is 1. The Balaban J connectivity index is 1.65. The molecule has 0 saturated heterocycles. The van der Waals surface area contributed by atoms with Crippen LogP contribution in [-0.2, 0) is 0 Å². The predicted molar refractivity (Wildman–Crippen MR) is 140 cm³/mol. The zero-order chi connectivity index (χ0) is 24.5. The molecule has 7 nitrogen and oxygen atoms in total. The molecule has 1 aromatic heterocycles. The van der Waals surface area contributed by atoms with Crippen LogP contribution in [0.15, 0.2) is 89.0 Å². The molecule has 0 radical (unpaired) electrons. The summed E-state index contributed by atoms with van der Waals surface area (Å²) in [5.74, 6) is 2.51. The van der Waals surface area contributed by atoms with Crippen molar-refractivity contribution in [2.24, 2.45) is 10.1 Å². The fourth-order valence-electron chi connectivity index (χ4n) is 3.44. The summed E-state index contributed by atoms with van der Waals surface area (Å²) in [6, 6.07) is 25.1.